The van der Waals surface area contributed by atoms with Crippen LogP contribution in [0.15, 0.2) is 47.3 Å². The minimum atomic E-state index is 0.978. The Bertz CT molecular complexity index is 681. The van der Waals surface area contributed by atoms with Gasteiger partial charge in [0.2, 0.25) is 0 Å². The number of aromatic nitrogens is 3. The van der Waals surface area contributed by atoms with Crippen molar-refractivity contribution in [1.82, 2.24) is 14.3 Å². The molecule has 18 heavy (non-hydrogen) atoms. The molecular formula is C14H14BrN3. The van der Waals surface area contributed by atoms with Gasteiger partial charge in [-0.15, -0.1) is 0 Å². The van der Waals surface area contributed by atoms with Crippen LogP contribution in [-0.2, 0) is 20.0 Å². The molecule has 0 bridgehead atoms. The van der Waals surface area contributed by atoms with E-state index in [-0.39, 0.29) is 0 Å². The van der Waals surface area contributed by atoms with Crippen LogP contribution in [0, 0.1) is 0 Å². The molecule has 0 spiro atoms. The normalized spacial score (nSPS) is 11.2. The Morgan fingerprint density at radius 1 is 1.28 bits per heavy atom. The number of halogens is 1. The SMILES string of the molecule is Cn1cc(CCn2ccc3ccc(Br)cc32)cn1. The van der Waals surface area contributed by atoms with Gasteiger partial charge in [0.15, 0.2) is 0 Å². The van der Waals surface area contributed by atoms with Crippen molar-refractivity contribution in [2.75, 3.05) is 0 Å². The van der Waals surface area contributed by atoms with E-state index in [4.69, 9.17) is 0 Å². The van der Waals surface area contributed by atoms with Crippen molar-refractivity contribution in [3.8, 4) is 0 Å². The Balaban J connectivity index is 1.84. The number of nitrogens with zero attached hydrogens (tertiary/aromatic N) is 3. The van der Waals surface area contributed by atoms with Crippen molar-refractivity contribution in [2.24, 2.45) is 7.05 Å². The lowest BCUT2D eigenvalue weighted by atomic mass is 10.2. The first-order chi connectivity index (χ1) is 8.72. The van der Waals surface area contributed by atoms with Gasteiger partial charge in [-0.05, 0) is 35.6 Å². The van der Waals surface area contributed by atoms with Gasteiger partial charge in [-0.3, -0.25) is 4.68 Å². The monoisotopic (exact) mass is 303 g/mol. The summed E-state index contributed by atoms with van der Waals surface area (Å²) in [6.45, 7) is 0.978. The highest BCUT2D eigenvalue weighted by Crippen LogP contribution is 2.21. The number of hydrogen-bond acceptors (Lipinski definition) is 1. The molecular weight excluding hydrogens is 290 g/mol. The average molecular weight is 304 g/mol. The molecule has 0 saturated carbocycles. The summed E-state index contributed by atoms with van der Waals surface area (Å²) in [5.74, 6) is 0. The second kappa shape index (κ2) is 4.61. The fraction of sp³-hybridized carbons (Fsp3) is 0.214. The maximum atomic E-state index is 4.19. The molecule has 0 aliphatic heterocycles. The lowest BCUT2D eigenvalue weighted by Gasteiger charge is -2.04. The average Bonchev–Trinajstić information content (AvgIpc) is 2.93. The van der Waals surface area contributed by atoms with Crippen LogP contribution in [0.3, 0.4) is 0 Å². The van der Waals surface area contributed by atoms with Gasteiger partial charge >= 0.3 is 0 Å². The van der Waals surface area contributed by atoms with Crippen LogP contribution >= 0.6 is 15.9 Å². The number of rotatable bonds is 3. The second-order valence-electron chi connectivity index (χ2n) is 4.48. The summed E-state index contributed by atoms with van der Waals surface area (Å²) >= 11 is 3.52. The van der Waals surface area contributed by atoms with Crippen LogP contribution in [-0.4, -0.2) is 14.3 Å². The summed E-state index contributed by atoms with van der Waals surface area (Å²) in [4.78, 5) is 0. The van der Waals surface area contributed by atoms with Crippen molar-refractivity contribution in [2.45, 2.75) is 13.0 Å². The summed E-state index contributed by atoms with van der Waals surface area (Å²) in [5.41, 5.74) is 2.54. The summed E-state index contributed by atoms with van der Waals surface area (Å²) in [6, 6.07) is 8.54. The van der Waals surface area contributed by atoms with Crippen LogP contribution in [0.4, 0.5) is 0 Å². The Labute approximate surface area is 114 Å². The molecule has 2 aromatic heterocycles. The predicted molar refractivity (Wildman–Crippen MR) is 76.6 cm³/mol. The van der Waals surface area contributed by atoms with Crippen molar-refractivity contribution in [3.05, 3.63) is 52.9 Å². The molecule has 3 aromatic rings. The summed E-state index contributed by atoms with van der Waals surface area (Å²) in [6.07, 6.45) is 7.15. The molecule has 3 rings (SSSR count). The minimum absolute atomic E-state index is 0.978. The quantitative estimate of drug-likeness (QED) is 0.727. The molecule has 0 N–H and O–H groups in total. The van der Waals surface area contributed by atoms with E-state index in [2.05, 4.69) is 62.3 Å². The molecule has 0 fully saturated rings. The highest BCUT2D eigenvalue weighted by atomic mass is 79.9. The van der Waals surface area contributed by atoms with E-state index in [1.165, 1.54) is 16.5 Å². The molecule has 0 aliphatic carbocycles. The van der Waals surface area contributed by atoms with E-state index in [1.54, 1.807) is 0 Å². The molecule has 3 nitrogen and oxygen atoms in total. The molecule has 0 saturated heterocycles. The number of hydrogen-bond donors (Lipinski definition) is 0. The lowest BCUT2D eigenvalue weighted by Crippen LogP contribution is -1.99. The third-order valence-electron chi connectivity index (χ3n) is 3.14. The molecule has 0 radical (unpaired) electrons. The first-order valence-electron chi connectivity index (χ1n) is 5.94. The smallest absolute Gasteiger partial charge is 0.0522 e. The fourth-order valence-electron chi connectivity index (χ4n) is 2.20. The minimum Gasteiger partial charge on any atom is -0.347 e. The van der Waals surface area contributed by atoms with Gasteiger partial charge < -0.3 is 4.57 Å². The van der Waals surface area contributed by atoms with Gasteiger partial charge in [0.05, 0.1) is 6.20 Å². The highest BCUT2D eigenvalue weighted by Gasteiger charge is 2.02. The molecule has 0 unspecified atom stereocenters. The summed E-state index contributed by atoms with van der Waals surface area (Å²) < 4.78 is 5.25. The third kappa shape index (κ3) is 2.20. The molecule has 1 aromatic carbocycles. The highest BCUT2D eigenvalue weighted by molar-refractivity contribution is 9.10. The van der Waals surface area contributed by atoms with Crippen molar-refractivity contribution >= 4 is 26.8 Å². The van der Waals surface area contributed by atoms with Crippen LogP contribution < -0.4 is 0 Å². The molecule has 0 amide bonds. The first kappa shape index (κ1) is 11.5. The third-order valence-corrected chi connectivity index (χ3v) is 3.63. The number of aryl methyl sites for hydroxylation is 3. The molecule has 0 aliphatic rings. The van der Waals surface area contributed by atoms with E-state index in [0.717, 1.165) is 17.4 Å². The maximum Gasteiger partial charge on any atom is 0.0522 e. The summed E-state index contributed by atoms with van der Waals surface area (Å²) in [7, 11) is 1.95. The van der Waals surface area contributed by atoms with E-state index in [0.29, 0.717) is 0 Å². The van der Waals surface area contributed by atoms with Crippen LogP contribution in [0.25, 0.3) is 10.9 Å². The second-order valence-corrected chi connectivity index (χ2v) is 5.40. The van der Waals surface area contributed by atoms with E-state index < -0.39 is 0 Å². The zero-order chi connectivity index (χ0) is 12.5. The predicted octanol–water partition coefficient (Wildman–Crippen LogP) is 3.38. The number of fused-ring (bicyclic) bond motifs is 1. The van der Waals surface area contributed by atoms with Gasteiger partial charge in [-0.2, -0.15) is 5.10 Å². The van der Waals surface area contributed by atoms with Gasteiger partial charge in [0.1, 0.15) is 0 Å². The molecule has 2 heterocycles. The Hall–Kier alpha value is -1.55. The van der Waals surface area contributed by atoms with Crippen molar-refractivity contribution < 1.29 is 0 Å². The molecule has 4 heteroatoms. The molecule has 92 valence electrons. The van der Waals surface area contributed by atoms with Gasteiger partial charge in [0, 0.05) is 36.0 Å². The fourth-order valence-corrected chi connectivity index (χ4v) is 2.55. The van der Waals surface area contributed by atoms with Crippen LogP contribution in [0.5, 0.6) is 0 Å². The Kier molecular flexibility index (Phi) is 2.96. The van der Waals surface area contributed by atoms with Crippen molar-refractivity contribution in [1.29, 1.82) is 0 Å². The largest absolute Gasteiger partial charge is 0.347 e. The van der Waals surface area contributed by atoms with E-state index in [9.17, 15) is 0 Å². The first-order valence-corrected chi connectivity index (χ1v) is 6.73. The molecule has 0 atom stereocenters. The van der Waals surface area contributed by atoms with Crippen LogP contribution in [0.2, 0.25) is 0 Å². The maximum absolute atomic E-state index is 4.19. The lowest BCUT2D eigenvalue weighted by molar-refractivity contribution is 0.720. The summed E-state index contributed by atoms with van der Waals surface area (Å²) in [5, 5.41) is 5.47. The van der Waals surface area contributed by atoms with Gasteiger partial charge in [-0.1, -0.05) is 22.0 Å². The van der Waals surface area contributed by atoms with Crippen LogP contribution in [0.1, 0.15) is 5.56 Å². The Morgan fingerprint density at radius 2 is 2.17 bits per heavy atom. The Morgan fingerprint density at radius 3 is 2.94 bits per heavy atom. The van der Waals surface area contributed by atoms with E-state index >= 15 is 0 Å². The zero-order valence-electron chi connectivity index (χ0n) is 10.2. The van der Waals surface area contributed by atoms with E-state index in [1.807, 2.05) is 17.9 Å². The topological polar surface area (TPSA) is 22.8 Å². The number of benzene rings is 1. The zero-order valence-corrected chi connectivity index (χ0v) is 11.8. The van der Waals surface area contributed by atoms with Crippen molar-refractivity contribution in [3.63, 3.8) is 0 Å². The van der Waals surface area contributed by atoms with Gasteiger partial charge in [-0.25, -0.2) is 0 Å². The van der Waals surface area contributed by atoms with Gasteiger partial charge in [0.25, 0.3) is 0 Å². The standard InChI is InChI=1S/C14H14BrN3/c1-17-10-11(9-16-17)4-6-18-7-5-12-2-3-13(15)8-14(12)18/h2-3,5,7-10H,4,6H2,1H3.